The predicted octanol–water partition coefficient (Wildman–Crippen LogP) is 2.24. The number of nitrogens with zero attached hydrogens (tertiary/aromatic N) is 1. The molecule has 0 saturated carbocycles. The lowest BCUT2D eigenvalue weighted by atomic mass is 10.2. The van der Waals surface area contributed by atoms with Crippen molar-refractivity contribution in [3.63, 3.8) is 0 Å². The number of terminal acetylenes is 1. The SMILES string of the molecule is C#CCNS(=O)(=O)c1cccc(C(=O)N(C)Cc2sccc2C)c1. The third kappa shape index (κ3) is 4.23. The van der Waals surface area contributed by atoms with E-state index in [4.69, 9.17) is 6.42 Å². The highest BCUT2D eigenvalue weighted by molar-refractivity contribution is 7.89. The summed E-state index contributed by atoms with van der Waals surface area (Å²) >= 11 is 1.59. The lowest BCUT2D eigenvalue weighted by Gasteiger charge is -2.17. The smallest absolute Gasteiger partial charge is 0.253 e. The highest BCUT2D eigenvalue weighted by Gasteiger charge is 2.18. The van der Waals surface area contributed by atoms with Gasteiger partial charge in [0.1, 0.15) is 0 Å². The van der Waals surface area contributed by atoms with Crippen molar-refractivity contribution in [2.24, 2.45) is 0 Å². The van der Waals surface area contributed by atoms with E-state index < -0.39 is 10.0 Å². The average Bonchev–Trinajstić information content (AvgIpc) is 2.97. The molecule has 0 saturated heterocycles. The molecular weight excluding hydrogens is 344 g/mol. The number of nitrogens with one attached hydrogen (secondary N) is 1. The summed E-state index contributed by atoms with van der Waals surface area (Å²) in [7, 11) is -2.03. The monoisotopic (exact) mass is 362 g/mol. The highest BCUT2D eigenvalue weighted by atomic mass is 32.2. The van der Waals surface area contributed by atoms with Gasteiger partial charge in [-0.2, -0.15) is 4.72 Å². The van der Waals surface area contributed by atoms with Crippen molar-refractivity contribution >= 4 is 27.3 Å². The number of carbonyl (C=O) groups is 1. The number of amides is 1. The Bertz CT molecular complexity index is 879. The Morgan fingerprint density at radius 1 is 1.38 bits per heavy atom. The van der Waals surface area contributed by atoms with Crippen LogP contribution in [-0.2, 0) is 16.6 Å². The Labute approximate surface area is 146 Å². The Kier molecular flexibility index (Phi) is 5.78. The van der Waals surface area contributed by atoms with Crippen LogP contribution in [0.15, 0.2) is 40.6 Å². The van der Waals surface area contributed by atoms with Crippen LogP contribution in [0.1, 0.15) is 20.8 Å². The van der Waals surface area contributed by atoms with Crippen LogP contribution in [0.3, 0.4) is 0 Å². The minimum atomic E-state index is -3.72. The number of thiophene rings is 1. The first-order valence-electron chi connectivity index (χ1n) is 7.17. The molecule has 0 aliphatic rings. The number of carbonyl (C=O) groups excluding carboxylic acids is 1. The van der Waals surface area contributed by atoms with E-state index in [-0.39, 0.29) is 17.3 Å². The maximum atomic E-state index is 12.6. The van der Waals surface area contributed by atoms with E-state index in [1.807, 2.05) is 18.4 Å². The van der Waals surface area contributed by atoms with Gasteiger partial charge < -0.3 is 4.90 Å². The lowest BCUT2D eigenvalue weighted by molar-refractivity contribution is 0.0786. The third-order valence-electron chi connectivity index (χ3n) is 3.45. The van der Waals surface area contributed by atoms with Crippen molar-refractivity contribution in [3.05, 3.63) is 51.7 Å². The summed E-state index contributed by atoms with van der Waals surface area (Å²) in [4.78, 5) is 15.2. The van der Waals surface area contributed by atoms with Crippen molar-refractivity contribution in [3.8, 4) is 12.3 Å². The molecule has 0 fully saturated rings. The van der Waals surface area contributed by atoms with Gasteiger partial charge in [-0.3, -0.25) is 4.79 Å². The van der Waals surface area contributed by atoms with Gasteiger partial charge in [0.2, 0.25) is 10.0 Å². The van der Waals surface area contributed by atoms with Crippen LogP contribution in [-0.4, -0.2) is 32.8 Å². The molecule has 126 valence electrons. The summed E-state index contributed by atoms with van der Waals surface area (Å²) in [6.45, 7) is 2.38. The molecule has 1 aromatic heterocycles. The standard InChI is InChI=1S/C17H18N2O3S2/c1-4-9-18-24(21,22)15-7-5-6-14(11-15)17(20)19(3)12-16-13(2)8-10-23-16/h1,5-8,10-11,18H,9,12H2,2-3H3. The largest absolute Gasteiger partial charge is 0.337 e. The van der Waals surface area contributed by atoms with Crippen molar-refractivity contribution in [2.75, 3.05) is 13.6 Å². The minimum absolute atomic E-state index is 0.0179. The first-order chi connectivity index (χ1) is 11.3. The van der Waals surface area contributed by atoms with Crippen LogP contribution in [0.4, 0.5) is 0 Å². The van der Waals surface area contributed by atoms with Gasteiger partial charge in [0, 0.05) is 17.5 Å². The fraction of sp³-hybridized carbons (Fsp3) is 0.235. The van der Waals surface area contributed by atoms with E-state index in [1.165, 1.54) is 12.1 Å². The van der Waals surface area contributed by atoms with Crippen LogP contribution >= 0.6 is 11.3 Å². The van der Waals surface area contributed by atoms with Crippen LogP contribution in [0.5, 0.6) is 0 Å². The van der Waals surface area contributed by atoms with E-state index in [2.05, 4.69) is 10.6 Å². The number of benzene rings is 1. The molecule has 0 atom stereocenters. The molecule has 0 spiro atoms. The Balaban J connectivity index is 2.20. The molecule has 0 aliphatic heterocycles. The molecular formula is C17H18N2O3S2. The van der Waals surface area contributed by atoms with Crippen molar-refractivity contribution in [1.29, 1.82) is 0 Å². The highest BCUT2D eigenvalue weighted by Crippen LogP contribution is 2.19. The van der Waals surface area contributed by atoms with Gasteiger partial charge in [-0.1, -0.05) is 12.0 Å². The first kappa shape index (κ1) is 18.2. The quantitative estimate of drug-likeness (QED) is 0.802. The Morgan fingerprint density at radius 3 is 2.75 bits per heavy atom. The number of hydrogen-bond donors (Lipinski definition) is 1. The maximum Gasteiger partial charge on any atom is 0.253 e. The molecule has 2 aromatic rings. The van der Waals surface area contributed by atoms with E-state index in [0.29, 0.717) is 12.1 Å². The zero-order valence-corrected chi connectivity index (χ0v) is 15.1. The van der Waals surface area contributed by atoms with E-state index >= 15 is 0 Å². The molecule has 0 bridgehead atoms. The summed E-state index contributed by atoms with van der Waals surface area (Å²) < 4.78 is 26.5. The molecule has 24 heavy (non-hydrogen) atoms. The number of sulfonamides is 1. The fourth-order valence-electron chi connectivity index (χ4n) is 2.09. The zero-order chi connectivity index (χ0) is 17.7. The second-order valence-electron chi connectivity index (χ2n) is 5.24. The summed E-state index contributed by atoms with van der Waals surface area (Å²) in [6.07, 6.45) is 5.07. The maximum absolute atomic E-state index is 12.6. The van der Waals surface area contributed by atoms with Crippen molar-refractivity contribution in [1.82, 2.24) is 9.62 Å². The minimum Gasteiger partial charge on any atom is -0.337 e. The Morgan fingerprint density at radius 2 is 2.12 bits per heavy atom. The summed E-state index contributed by atoms with van der Waals surface area (Å²) in [5.41, 5.74) is 1.45. The van der Waals surface area contributed by atoms with Crippen molar-refractivity contribution in [2.45, 2.75) is 18.4 Å². The molecule has 1 amide bonds. The van der Waals surface area contributed by atoms with Crippen molar-refractivity contribution < 1.29 is 13.2 Å². The van der Waals surface area contributed by atoms with Gasteiger partial charge in [-0.15, -0.1) is 17.8 Å². The zero-order valence-electron chi connectivity index (χ0n) is 13.4. The lowest BCUT2D eigenvalue weighted by Crippen LogP contribution is -2.27. The molecule has 1 heterocycles. The molecule has 1 N–H and O–H groups in total. The summed E-state index contributed by atoms with van der Waals surface area (Å²) in [5, 5.41) is 1.98. The van der Waals surface area contributed by atoms with Gasteiger partial charge in [0.25, 0.3) is 5.91 Å². The normalized spacial score (nSPS) is 11.0. The Hall–Kier alpha value is -2.14. The van der Waals surface area contributed by atoms with Gasteiger partial charge in [-0.05, 0) is 42.1 Å². The average molecular weight is 362 g/mol. The molecule has 2 rings (SSSR count). The topological polar surface area (TPSA) is 66.5 Å². The molecule has 0 unspecified atom stereocenters. The summed E-state index contributed by atoms with van der Waals surface area (Å²) in [6, 6.07) is 7.93. The summed E-state index contributed by atoms with van der Waals surface area (Å²) in [5.74, 6) is 1.98. The number of rotatable bonds is 6. The molecule has 1 aromatic carbocycles. The number of hydrogen-bond acceptors (Lipinski definition) is 4. The van der Waals surface area contributed by atoms with E-state index in [9.17, 15) is 13.2 Å². The van der Waals surface area contributed by atoms with Crippen LogP contribution in [0, 0.1) is 19.3 Å². The molecule has 0 aliphatic carbocycles. The van der Waals surface area contributed by atoms with Crippen LogP contribution in [0.25, 0.3) is 0 Å². The van der Waals surface area contributed by atoms with Crippen LogP contribution in [0.2, 0.25) is 0 Å². The van der Waals surface area contributed by atoms with Gasteiger partial charge in [0.15, 0.2) is 0 Å². The molecule has 0 radical (unpaired) electrons. The second kappa shape index (κ2) is 7.62. The number of aryl methyl sites for hydroxylation is 1. The third-order valence-corrected chi connectivity index (χ3v) is 5.86. The fourth-order valence-corrected chi connectivity index (χ4v) is 4.03. The van der Waals surface area contributed by atoms with E-state index in [1.54, 1.807) is 35.4 Å². The van der Waals surface area contributed by atoms with Gasteiger partial charge in [-0.25, -0.2) is 8.42 Å². The van der Waals surface area contributed by atoms with Gasteiger partial charge in [0.05, 0.1) is 18.0 Å². The second-order valence-corrected chi connectivity index (χ2v) is 8.01. The van der Waals surface area contributed by atoms with Gasteiger partial charge >= 0.3 is 0 Å². The first-order valence-corrected chi connectivity index (χ1v) is 9.53. The van der Waals surface area contributed by atoms with E-state index in [0.717, 1.165) is 10.4 Å². The van der Waals surface area contributed by atoms with Crippen LogP contribution < -0.4 is 4.72 Å². The molecule has 7 heteroatoms. The molecule has 5 nitrogen and oxygen atoms in total. The predicted molar refractivity (Wildman–Crippen MR) is 95.3 cm³/mol.